The minimum absolute atomic E-state index is 0.0840. The topological polar surface area (TPSA) is 20.3 Å². The van der Waals surface area contributed by atoms with Gasteiger partial charge in [-0.2, -0.15) is 0 Å². The minimum Gasteiger partial charge on any atom is -0.316 e. The highest BCUT2D eigenvalue weighted by Crippen LogP contribution is 2.36. The molecule has 0 aromatic heterocycles. The highest BCUT2D eigenvalue weighted by Gasteiger charge is 2.33. The number of hydrogen-bond donors (Lipinski definition) is 0. The molecule has 0 N–H and O–H groups in total. The van der Waals surface area contributed by atoms with E-state index in [1.807, 2.05) is 11.0 Å². The van der Waals surface area contributed by atoms with Gasteiger partial charge in [-0.15, -0.1) is 6.58 Å². The molecule has 2 heteroatoms. The van der Waals surface area contributed by atoms with Crippen molar-refractivity contribution in [3.8, 4) is 0 Å². The normalized spacial score (nSPS) is 17.8. The molecule has 17 heavy (non-hydrogen) atoms. The van der Waals surface area contributed by atoms with E-state index in [1.54, 1.807) is 0 Å². The van der Waals surface area contributed by atoms with Crippen LogP contribution in [0.1, 0.15) is 47.0 Å². The summed E-state index contributed by atoms with van der Waals surface area (Å²) in [4.78, 5) is 13.6. The molecule has 0 aromatic rings. The Labute approximate surface area is 105 Å². The minimum atomic E-state index is 0.0840. The summed E-state index contributed by atoms with van der Waals surface area (Å²) in [7, 11) is 0. The van der Waals surface area contributed by atoms with E-state index in [-0.39, 0.29) is 16.7 Å². The molecular weight excluding hydrogens is 210 g/mol. The number of likely N-dealkylation sites (tertiary alicyclic amines) is 1. The Balaban J connectivity index is 2.69. The summed E-state index contributed by atoms with van der Waals surface area (Å²) in [5.41, 5.74) is 1.16. The fourth-order valence-corrected chi connectivity index (χ4v) is 2.69. The molecule has 1 rings (SSSR count). The Kier molecular flexibility index (Phi) is 3.85. The van der Waals surface area contributed by atoms with E-state index in [1.165, 1.54) is 0 Å². The number of carbonyl (C=O) groups is 1. The van der Waals surface area contributed by atoms with E-state index >= 15 is 0 Å². The van der Waals surface area contributed by atoms with Gasteiger partial charge in [0.25, 0.3) is 0 Å². The monoisotopic (exact) mass is 235 g/mol. The molecule has 1 aliphatic rings. The summed E-state index contributed by atoms with van der Waals surface area (Å²) in [6, 6.07) is 0. The lowest BCUT2D eigenvalue weighted by atomic mass is 9.75. The molecule has 0 radical (unpaired) electrons. The molecule has 0 aromatic carbocycles. The van der Waals surface area contributed by atoms with E-state index in [9.17, 15) is 4.79 Å². The van der Waals surface area contributed by atoms with Crippen LogP contribution < -0.4 is 0 Å². The summed E-state index contributed by atoms with van der Waals surface area (Å²) >= 11 is 0. The van der Waals surface area contributed by atoms with Crippen molar-refractivity contribution in [1.82, 2.24) is 4.90 Å². The van der Waals surface area contributed by atoms with Crippen LogP contribution in [0.25, 0.3) is 0 Å². The highest BCUT2D eigenvalue weighted by molar-refractivity contribution is 5.81. The molecule has 0 bridgehead atoms. The fourth-order valence-electron chi connectivity index (χ4n) is 2.69. The number of rotatable bonds is 5. The van der Waals surface area contributed by atoms with Gasteiger partial charge in [-0.05, 0) is 23.7 Å². The van der Waals surface area contributed by atoms with Gasteiger partial charge >= 0.3 is 0 Å². The zero-order valence-corrected chi connectivity index (χ0v) is 11.7. The number of carbonyl (C=O) groups excluding carboxylic acids is 1. The standard InChI is InChI=1S/C15H25NO/c1-7-14(3,4)10-15(5,6)11-16-12(2)8-9-13(16)17/h7H,1-2,8-11H2,3-6H3. The summed E-state index contributed by atoms with van der Waals surface area (Å²) in [5.74, 6) is 0.222. The average molecular weight is 235 g/mol. The van der Waals surface area contributed by atoms with Gasteiger partial charge in [0, 0.05) is 18.7 Å². The SMILES string of the molecule is C=CC(C)(C)CC(C)(C)CN1C(=C)CCC1=O. The molecule has 96 valence electrons. The van der Waals surface area contributed by atoms with E-state index in [2.05, 4.69) is 40.9 Å². The van der Waals surface area contributed by atoms with E-state index in [0.717, 1.165) is 25.1 Å². The van der Waals surface area contributed by atoms with Crippen LogP contribution in [0.5, 0.6) is 0 Å². The summed E-state index contributed by atoms with van der Waals surface area (Å²) < 4.78 is 0. The van der Waals surface area contributed by atoms with Gasteiger partial charge in [-0.25, -0.2) is 0 Å². The first-order valence-electron chi connectivity index (χ1n) is 6.29. The van der Waals surface area contributed by atoms with Crippen LogP contribution in [-0.4, -0.2) is 17.4 Å². The molecule has 1 saturated heterocycles. The second-order valence-electron chi connectivity index (χ2n) is 6.58. The van der Waals surface area contributed by atoms with Gasteiger partial charge in [0.15, 0.2) is 0 Å². The summed E-state index contributed by atoms with van der Waals surface area (Å²) in [5, 5.41) is 0. The second-order valence-corrected chi connectivity index (χ2v) is 6.58. The fraction of sp³-hybridized carbons (Fsp3) is 0.667. The van der Waals surface area contributed by atoms with E-state index in [0.29, 0.717) is 6.42 Å². The van der Waals surface area contributed by atoms with Crippen molar-refractivity contribution in [2.75, 3.05) is 6.54 Å². The molecule has 0 atom stereocenters. The highest BCUT2D eigenvalue weighted by atomic mass is 16.2. The van der Waals surface area contributed by atoms with E-state index in [4.69, 9.17) is 0 Å². The third-order valence-electron chi connectivity index (χ3n) is 3.38. The van der Waals surface area contributed by atoms with Crippen LogP contribution in [-0.2, 0) is 4.79 Å². The average Bonchev–Trinajstić information content (AvgIpc) is 2.47. The van der Waals surface area contributed by atoms with Crippen molar-refractivity contribution >= 4 is 5.91 Å². The first kappa shape index (κ1) is 14.0. The molecule has 1 fully saturated rings. The summed E-state index contributed by atoms with van der Waals surface area (Å²) in [6.45, 7) is 17.4. The zero-order valence-electron chi connectivity index (χ0n) is 11.7. The Bertz CT molecular complexity index is 323. The second kappa shape index (κ2) is 4.67. The summed E-state index contributed by atoms with van der Waals surface area (Å²) in [6.07, 6.45) is 4.45. The van der Waals surface area contributed by atoms with Gasteiger partial charge in [0.1, 0.15) is 0 Å². The number of amides is 1. The van der Waals surface area contributed by atoms with Crippen molar-refractivity contribution in [2.45, 2.75) is 47.0 Å². The van der Waals surface area contributed by atoms with Crippen molar-refractivity contribution in [3.05, 3.63) is 24.9 Å². The molecule has 1 heterocycles. The van der Waals surface area contributed by atoms with Gasteiger partial charge in [0.2, 0.25) is 5.91 Å². The van der Waals surface area contributed by atoms with Crippen LogP contribution in [0.4, 0.5) is 0 Å². The first-order valence-corrected chi connectivity index (χ1v) is 6.29. The quantitative estimate of drug-likeness (QED) is 0.665. The van der Waals surface area contributed by atoms with Crippen LogP contribution in [0.15, 0.2) is 24.9 Å². The zero-order chi connectivity index (χ0) is 13.3. The molecule has 0 unspecified atom stereocenters. The van der Waals surface area contributed by atoms with Gasteiger partial charge in [0.05, 0.1) is 0 Å². The maximum atomic E-state index is 11.7. The predicted octanol–water partition coefficient (Wildman–Crippen LogP) is 3.75. The molecule has 1 amide bonds. The van der Waals surface area contributed by atoms with Crippen molar-refractivity contribution < 1.29 is 4.79 Å². The smallest absolute Gasteiger partial charge is 0.227 e. The number of nitrogens with zero attached hydrogens (tertiary/aromatic N) is 1. The van der Waals surface area contributed by atoms with E-state index < -0.39 is 0 Å². The van der Waals surface area contributed by atoms with Crippen LogP contribution in [0, 0.1) is 10.8 Å². The lowest BCUT2D eigenvalue weighted by Crippen LogP contribution is -2.36. The van der Waals surface area contributed by atoms with Gasteiger partial charge in [-0.1, -0.05) is 40.3 Å². The number of hydrogen-bond acceptors (Lipinski definition) is 1. The third-order valence-corrected chi connectivity index (χ3v) is 3.38. The molecule has 0 saturated carbocycles. The Morgan fingerprint density at radius 1 is 1.29 bits per heavy atom. The predicted molar refractivity (Wildman–Crippen MR) is 72.5 cm³/mol. The molecule has 0 spiro atoms. The number of allylic oxidation sites excluding steroid dienone is 2. The van der Waals surface area contributed by atoms with Crippen LogP contribution in [0.3, 0.4) is 0 Å². The Hall–Kier alpha value is -1.05. The maximum Gasteiger partial charge on any atom is 0.227 e. The lowest BCUT2D eigenvalue weighted by molar-refractivity contribution is -0.127. The molecule has 0 aliphatic carbocycles. The van der Waals surface area contributed by atoms with Crippen LogP contribution in [0.2, 0.25) is 0 Å². The molecule has 2 nitrogen and oxygen atoms in total. The van der Waals surface area contributed by atoms with Crippen molar-refractivity contribution in [1.29, 1.82) is 0 Å². The Morgan fingerprint density at radius 3 is 2.29 bits per heavy atom. The largest absolute Gasteiger partial charge is 0.316 e. The molecule has 1 aliphatic heterocycles. The van der Waals surface area contributed by atoms with Crippen molar-refractivity contribution in [2.24, 2.45) is 10.8 Å². The maximum absolute atomic E-state index is 11.7. The first-order chi connectivity index (χ1) is 7.67. The Morgan fingerprint density at radius 2 is 1.88 bits per heavy atom. The third kappa shape index (κ3) is 3.72. The lowest BCUT2D eigenvalue weighted by Gasteiger charge is -2.36. The molecular formula is C15H25NO. The van der Waals surface area contributed by atoms with Gasteiger partial charge < -0.3 is 4.90 Å². The van der Waals surface area contributed by atoms with Crippen molar-refractivity contribution in [3.63, 3.8) is 0 Å². The van der Waals surface area contributed by atoms with Crippen LogP contribution >= 0.6 is 0 Å². The van der Waals surface area contributed by atoms with Gasteiger partial charge in [-0.3, -0.25) is 4.79 Å².